The van der Waals surface area contributed by atoms with Gasteiger partial charge in [0.1, 0.15) is 0 Å². The van der Waals surface area contributed by atoms with E-state index in [-0.39, 0.29) is 25.7 Å². The van der Waals surface area contributed by atoms with Crippen LogP contribution in [-0.4, -0.2) is 26.4 Å². The Hall–Kier alpha value is -0.360. The van der Waals surface area contributed by atoms with E-state index in [0.29, 0.717) is 0 Å². The Labute approximate surface area is 91.9 Å². The average Bonchev–Trinajstić information content (AvgIpc) is 2.29. The number of hydrogen-bond acceptors (Lipinski definition) is 2. The third kappa shape index (κ3) is 2.85. The van der Waals surface area contributed by atoms with Crippen LogP contribution in [-0.2, 0) is 9.47 Å². The van der Waals surface area contributed by atoms with Gasteiger partial charge in [-0.2, -0.15) is 17.6 Å². The topological polar surface area (TPSA) is 18.5 Å². The minimum Gasteiger partial charge on any atom is -0.324 e. The summed E-state index contributed by atoms with van der Waals surface area (Å²) in [5.74, 6) is -1.94. The van der Waals surface area contributed by atoms with E-state index >= 15 is 0 Å². The first-order chi connectivity index (χ1) is 7.33. The van der Waals surface area contributed by atoms with E-state index in [2.05, 4.69) is 9.47 Å². The molecule has 1 aliphatic carbocycles. The minimum absolute atomic E-state index is 0.0322. The molecule has 0 bridgehead atoms. The lowest BCUT2D eigenvalue weighted by molar-refractivity contribution is -0.285. The van der Waals surface area contributed by atoms with Gasteiger partial charge in [-0.1, -0.05) is 0 Å². The Kier molecular flexibility index (Phi) is 4.17. The van der Waals surface area contributed by atoms with Gasteiger partial charge in [0.2, 0.25) is 0 Å². The lowest BCUT2D eigenvalue weighted by Gasteiger charge is -2.34. The van der Waals surface area contributed by atoms with Gasteiger partial charge in [0, 0.05) is 14.2 Å². The van der Waals surface area contributed by atoms with Crippen molar-refractivity contribution in [3.8, 4) is 0 Å². The summed E-state index contributed by atoms with van der Waals surface area (Å²) in [6.45, 7) is 0. The molecule has 0 atom stereocenters. The van der Waals surface area contributed by atoms with Crippen molar-refractivity contribution < 1.29 is 27.0 Å². The third-order valence-electron chi connectivity index (χ3n) is 3.22. The molecule has 0 unspecified atom stereocenters. The minimum atomic E-state index is -3.21. The molecule has 0 aromatic rings. The van der Waals surface area contributed by atoms with Crippen molar-refractivity contribution in [2.45, 2.75) is 37.9 Å². The summed E-state index contributed by atoms with van der Waals surface area (Å²) < 4.78 is 60.6. The zero-order chi connectivity index (χ0) is 12.4. The summed E-state index contributed by atoms with van der Waals surface area (Å²) in [5, 5.41) is 0. The van der Waals surface area contributed by atoms with Crippen molar-refractivity contribution in [2.24, 2.45) is 11.8 Å². The van der Waals surface area contributed by atoms with Crippen LogP contribution in [0.5, 0.6) is 0 Å². The van der Waals surface area contributed by atoms with Gasteiger partial charge >= 0.3 is 12.2 Å². The van der Waals surface area contributed by atoms with E-state index in [1.165, 1.54) is 0 Å². The molecule has 6 heteroatoms. The number of halogens is 4. The van der Waals surface area contributed by atoms with Gasteiger partial charge in [0.25, 0.3) is 0 Å². The van der Waals surface area contributed by atoms with Crippen LogP contribution in [0.1, 0.15) is 25.7 Å². The zero-order valence-electron chi connectivity index (χ0n) is 9.31. The van der Waals surface area contributed by atoms with Crippen LogP contribution in [0.15, 0.2) is 0 Å². The van der Waals surface area contributed by atoms with Crippen LogP contribution in [0, 0.1) is 11.8 Å². The molecule has 0 radical (unpaired) electrons. The molecule has 0 aromatic carbocycles. The fraction of sp³-hybridized carbons (Fsp3) is 1.00. The highest BCUT2D eigenvalue weighted by molar-refractivity contribution is 4.81. The molecule has 0 aliphatic heterocycles. The van der Waals surface area contributed by atoms with E-state index in [9.17, 15) is 17.6 Å². The van der Waals surface area contributed by atoms with Gasteiger partial charge in [0.05, 0.1) is 11.8 Å². The summed E-state index contributed by atoms with van der Waals surface area (Å²) in [6.07, 6.45) is -6.30. The Balaban J connectivity index is 2.52. The maximum absolute atomic E-state index is 13.1. The normalized spacial score (nSPS) is 28.1. The molecule has 96 valence electrons. The van der Waals surface area contributed by atoms with E-state index in [0.717, 1.165) is 14.2 Å². The fourth-order valence-corrected chi connectivity index (χ4v) is 2.10. The Morgan fingerprint density at radius 2 is 1.00 bits per heavy atom. The summed E-state index contributed by atoms with van der Waals surface area (Å²) in [4.78, 5) is 0. The largest absolute Gasteiger partial charge is 0.358 e. The molecule has 1 saturated carbocycles. The van der Waals surface area contributed by atoms with E-state index in [4.69, 9.17) is 0 Å². The van der Waals surface area contributed by atoms with Crippen molar-refractivity contribution >= 4 is 0 Å². The maximum Gasteiger partial charge on any atom is 0.358 e. The zero-order valence-corrected chi connectivity index (χ0v) is 9.31. The first kappa shape index (κ1) is 13.7. The standard InChI is InChI=1S/C10H16F4O2/c1-15-9(11,12)7-3-5-8(6-4-7)10(13,14)16-2/h7-8H,3-6H2,1-2H3. The second-order valence-corrected chi connectivity index (χ2v) is 4.08. The van der Waals surface area contributed by atoms with Gasteiger partial charge in [0.15, 0.2) is 0 Å². The number of methoxy groups -OCH3 is 2. The predicted molar refractivity (Wildman–Crippen MR) is 49.4 cm³/mol. The quantitative estimate of drug-likeness (QED) is 0.706. The van der Waals surface area contributed by atoms with E-state index in [1.807, 2.05) is 0 Å². The van der Waals surface area contributed by atoms with Crippen LogP contribution in [0.4, 0.5) is 17.6 Å². The van der Waals surface area contributed by atoms with Gasteiger partial charge in [-0.15, -0.1) is 0 Å². The first-order valence-corrected chi connectivity index (χ1v) is 5.19. The van der Waals surface area contributed by atoms with Crippen molar-refractivity contribution in [2.75, 3.05) is 14.2 Å². The molecule has 1 aliphatic rings. The van der Waals surface area contributed by atoms with Crippen molar-refractivity contribution in [1.82, 2.24) is 0 Å². The molecule has 0 amide bonds. The molecule has 0 heterocycles. The van der Waals surface area contributed by atoms with Crippen LogP contribution in [0.2, 0.25) is 0 Å². The molecule has 0 spiro atoms. The second kappa shape index (κ2) is 4.87. The molecule has 1 rings (SSSR count). The number of alkyl halides is 4. The van der Waals surface area contributed by atoms with Crippen LogP contribution in [0.3, 0.4) is 0 Å². The maximum atomic E-state index is 13.1. The van der Waals surface area contributed by atoms with Crippen molar-refractivity contribution in [1.29, 1.82) is 0 Å². The number of hydrogen-bond donors (Lipinski definition) is 0. The van der Waals surface area contributed by atoms with Crippen molar-refractivity contribution in [3.05, 3.63) is 0 Å². The Bertz CT molecular complexity index is 201. The number of rotatable bonds is 4. The third-order valence-corrected chi connectivity index (χ3v) is 3.22. The first-order valence-electron chi connectivity index (χ1n) is 5.19. The molecule has 0 N–H and O–H groups in total. The van der Waals surface area contributed by atoms with Crippen LogP contribution in [0.25, 0.3) is 0 Å². The highest BCUT2D eigenvalue weighted by Crippen LogP contribution is 2.43. The second-order valence-electron chi connectivity index (χ2n) is 4.08. The highest BCUT2D eigenvalue weighted by Gasteiger charge is 2.47. The molecule has 16 heavy (non-hydrogen) atoms. The smallest absolute Gasteiger partial charge is 0.324 e. The lowest BCUT2D eigenvalue weighted by atomic mass is 9.80. The predicted octanol–water partition coefficient (Wildman–Crippen LogP) is 3.27. The summed E-state index contributed by atoms with van der Waals surface area (Å²) in [5.41, 5.74) is 0. The monoisotopic (exact) mass is 244 g/mol. The SMILES string of the molecule is COC(F)(F)C1CCC(C(F)(F)OC)CC1. The molecule has 0 saturated heterocycles. The molecule has 2 nitrogen and oxygen atoms in total. The fourth-order valence-electron chi connectivity index (χ4n) is 2.10. The summed E-state index contributed by atoms with van der Waals surface area (Å²) >= 11 is 0. The van der Waals surface area contributed by atoms with Crippen LogP contribution < -0.4 is 0 Å². The van der Waals surface area contributed by atoms with Gasteiger partial charge in [-0.3, -0.25) is 0 Å². The number of ether oxygens (including phenoxy) is 2. The molecule has 0 aromatic heterocycles. The lowest BCUT2D eigenvalue weighted by Crippen LogP contribution is -2.38. The Morgan fingerprint density at radius 1 is 0.750 bits per heavy atom. The average molecular weight is 244 g/mol. The Morgan fingerprint density at radius 3 is 1.19 bits per heavy atom. The van der Waals surface area contributed by atoms with Crippen molar-refractivity contribution in [3.63, 3.8) is 0 Å². The van der Waals surface area contributed by atoms with Gasteiger partial charge in [-0.25, -0.2) is 0 Å². The summed E-state index contributed by atoms with van der Waals surface area (Å²) in [6, 6.07) is 0. The molecular formula is C10H16F4O2. The molecular weight excluding hydrogens is 228 g/mol. The van der Waals surface area contributed by atoms with E-state index < -0.39 is 24.1 Å². The van der Waals surface area contributed by atoms with Gasteiger partial charge in [-0.05, 0) is 25.7 Å². The highest BCUT2D eigenvalue weighted by atomic mass is 19.3. The molecule has 1 fully saturated rings. The van der Waals surface area contributed by atoms with Crippen LogP contribution >= 0.6 is 0 Å². The van der Waals surface area contributed by atoms with Gasteiger partial charge < -0.3 is 9.47 Å². The summed E-state index contributed by atoms with van der Waals surface area (Å²) in [7, 11) is 1.85. The van der Waals surface area contributed by atoms with E-state index in [1.54, 1.807) is 0 Å².